The third-order valence-electron chi connectivity index (χ3n) is 7.13. The Labute approximate surface area is 205 Å². The van der Waals surface area contributed by atoms with Crippen LogP contribution in [0.25, 0.3) is 0 Å². The van der Waals surface area contributed by atoms with Crippen molar-refractivity contribution < 1.29 is 13.9 Å². The van der Waals surface area contributed by atoms with Gasteiger partial charge < -0.3 is 13.9 Å². The Bertz CT molecular complexity index is 687. The van der Waals surface area contributed by atoms with Crippen LogP contribution in [0.3, 0.4) is 0 Å². The van der Waals surface area contributed by atoms with Gasteiger partial charge in [0.05, 0.1) is 19.0 Å². The molecular formula is C29H50O3Si. The number of rotatable bonds is 16. The molecule has 0 spiro atoms. The molecule has 33 heavy (non-hydrogen) atoms. The topological polar surface area (TPSA) is 27.7 Å². The molecule has 1 aromatic rings. The van der Waals surface area contributed by atoms with Gasteiger partial charge in [0, 0.05) is 5.92 Å². The van der Waals surface area contributed by atoms with Gasteiger partial charge >= 0.3 is 0 Å². The average Bonchev–Trinajstić information content (AvgIpc) is 3.33. The standard InChI is InChI=1S/C29H50O3Si/c1-7-10-19-33(20-11-8-2,21-12-9-3)32-25(5)22-24(4)26-17-18-28(30-6)29(23-26)31-27-15-13-14-16-27/h17-18,22-24,27H,7-16,19-21H2,1-6H3. The SMILES string of the molecule is CCCC[Si](CCCC)(CCCC)OC(C)=CC(C)c1ccc(OC)c(OC2CCCC2)c1. The van der Waals surface area contributed by atoms with Crippen LogP contribution in [-0.2, 0) is 4.43 Å². The van der Waals surface area contributed by atoms with E-state index in [2.05, 4.69) is 58.9 Å². The van der Waals surface area contributed by atoms with Crippen LogP contribution in [0, 0.1) is 0 Å². The molecule has 1 atom stereocenters. The maximum atomic E-state index is 6.96. The second-order valence-corrected chi connectivity index (χ2v) is 14.2. The van der Waals surface area contributed by atoms with Crippen LogP contribution in [0.1, 0.15) is 110 Å². The number of methoxy groups -OCH3 is 1. The van der Waals surface area contributed by atoms with E-state index in [0.717, 1.165) is 30.1 Å². The van der Waals surface area contributed by atoms with Crippen LogP contribution < -0.4 is 9.47 Å². The number of benzene rings is 1. The van der Waals surface area contributed by atoms with Crippen LogP contribution >= 0.6 is 0 Å². The van der Waals surface area contributed by atoms with Crippen LogP contribution in [0.15, 0.2) is 30.0 Å². The first-order chi connectivity index (χ1) is 16.0. The van der Waals surface area contributed by atoms with E-state index in [9.17, 15) is 0 Å². The highest BCUT2D eigenvalue weighted by Gasteiger charge is 2.35. The maximum absolute atomic E-state index is 6.96. The van der Waals surface area contributed by atoms with E-state index in [0.29, 0.717) is 6.10 Å². The van der Waals surface area contributed by atoms with E-state index >= 15 is 0 Å². The van der Waals surface area contributed by atoms with Crippen LogP contribution in [0.2, 0.25) is 18.1 Å². The average molecular weight is 475 g/mol. The molecule has 0 radical (unpaired) electrons. The lowest BCUT2D eigenvalue weighted by Gasteiger charge is -2.33. The van der Waals surface area contributed by atoms with Gasteiger partial charge in [0.2, 0.25) is 0 Å². The van der Waals surface area contributed by atoms with E-state index < -0.39 is 8.32 Å². The zero-order chi connectivity index (χ0) is 24.1. The lowest BCUT2D eigenvalue weighted by Crippen LogP contribution is -2.37. The molecule has 0 bridgehead atoms. The van der Waals surface area contributed by atoms with Crippen LogP contribution in [0.5, 0.6) is 11.5 Å². The summed E-state index contributed by atoms with van der Waals surface area (Å²) in [6, 6.07) is 10.3. The van der Waals surface area contributed by atoms with Gasteiger partial charge in [-0.1, -0.05) is 72.3 Å². The summed E-state index contributed by atoms with van der Waals surface area (Å²) in [5, 5.41) is 0. The van der Waals surface area contributed by atoms with Crippen LogP contribution in [0.4, 0.5) is 0 Å². The highest BCUT2D eigenvalue weighted by molar-refractivity contribution is 6.74. The maximum Gasteiger partial charge on any atom is 0.250 e. The van der Waals surface area contributed by atoms with Crippen molar-refractivity contribution in [2.45, 2.75) is 129 Å². The minimum atomic E-state index is -1.75. The molecule has 1 saturated carbocycles. The first-order valence-electron chi connectivity index (χ1n) is 13.7. The molecule has 1 aliphatic rings. The van der Waals surface area contributed by atoms with Gasteiger partial charge in [-0.2, -0.15) is 0 Å². The second-order valence-electron chi connectivity index (χ2n) is 10.1. The van der Waals surface area contributed by atoms with Crippen molar-refractivity contribution in [1.29, 1.82) is 0 Å². The number of unbranched alkanes of at least 4 members (excludes halogenated alkanes) is 3. The molecule has 188 valence electrons. The Kier molecular flexibility index (Phi) is 12.4. The van der Waals surface area contributed by atoms with Crippen molar-refractivity contribution in [2.24, 2.45) is 0 Å². The molecule has 4 heteroatoms. The summed E-state index contributed by atoms with van der Waals surface area (Å²) in [4.78, 5) is 0. The summed E-state index contributed by atoms with van der Waals surface area (Å²) in [6.45, 7) is 11.4. The summed E-state index contributed by atoms with van der Waals surface area (Å²) in [6.07, 6.45) is 15.1. The monoisotopic (exact) mass is 474 g/mol. The lowest BCUT2D eigenvalue weighted by atomic mass is 10.00. The van der Waals surface area contributed by atoms with Gasteiger partial charge in [-0.15, -0.1) is 0 Å². The number of hydrogen-bond donors (Lipinski definition) is 0. The fraction of sp³-hybridized carbons (Fsp3) is 0.724. The molecule has 1 aromatic carbocycles. The van der Waals surface area contributed by atoms with Gasteiger partial charge in [0.15, 0.2) is 11.5 Å². The number of allylic oxidation sites excluding steroid dienone is 2. The minimum Gasteiger partial charge on any atom is -0.547 e. The van der Waals surface area contributed by atoms with E-state index in [-0.39, 0.29) is 5.92 Å². The van der Waals surface area contributed by atoms with E-state index in [1.807, 2.05) is 0 Å². The predicted octanol–water partition coefficient (Wildman–Crippen LogP) is 9.39. The summed E-state index contributed by atoms with van der Waals surface area (Å²) in [7, 11) is -0.0255. The molecule has 0 aliphatic heterocycles. The van der Waals surface area contributed by atoms with Crippen molar-refractivity contribution in [1.82, 2.24) is 0 Å². The molecule has 2 rings (SSSR count). The molecule has 0 saturated heterocycles. The van der Waals surface area contributed by atoms with E-state index in [1.165, 1.54) is 75.1 Å². The molecule has 0 N–H and O–H groups in total. The molecular weight excluding hydrogens is 424 g/mol. The molecule has 1 fully saturated rings. The van der Waals surface area contributed by atoms with Crippen molar-refractivity contribution >= 4 is 8.32 Å². The van der Waals surface area contributed by atoms with Crippen molar-refractivity contribution in [2.75, 3.05) is 7.11 Å². The minimum absolute atomic E-state index is 0.275. The van der Waals surface area contributed by atoms with Gasteiger partial charge in [-0.25, -0.2) is 0 Å². The molecule has 0 aromatic heterocycles. The quantitative estimate of drug-likeness (QED) is 0.176. The van der Waals surface area contributed by atoms with Gasteiger partial charge in [-0.3, -0.25) is 0 Å². The van der Waals surface area contributed by atoms with E-state index in [1.54, 1.807) is 7.11 Å². The molecule has 0 heterocycles. The summed E-state index contributed by atoms with van der Waals surface area (Å²) >= 11 is 0. The first-order valence-corrected chi connectivity index (χ1v) is 16.2. The fourth-order valence-corrected chi connectivity index (χ4v) is 9.90. The normalized spacial score (nSPS) is 16.1. The van der Waals surface area contributed by atoms with Crippen molar-refractivity contribution in [3.8, 4) is 11.5 Å². The van der Waals surface area contributed by atoms with Gasteiger partial charge in [-0.05, 0) is 74.5 Å². The Morgan fingerprint density at radius 3 is 2.06 bits per heavy atom. The number of ether oxygens (including phenoxy) is 2. The summed E-state index contributed by atoms with van der Waals surface area (Å²) in [5.74, 6) is 3.11. The van der Waals surface area contributed by atoms with Gasteiger partial charge in [0.25, 0.3) is 8.32 Å². The Morgan fingerprint density at radius 2 is 1.55 bits per heavy atom. The zero-order valence-electron chi connectivity index (χ0n) is 22.4. The molecule has 0 amide bonds. The van der Waals surface area contributed by atoms with Gasteiger partial charge in [0.1, 0.15) is 0 Å². The summed E-state index contributed by atoms with van der Waals surface area (Å²) in [5.41, 5.74) is 1.26. The Morgan fingerprint density at radius 1 is 0.970 bits per heavy atom. The highest BCUT2D eigenvalue weighted by Crippen LogP contribution is 2.36. The second kappa shape index (κ2) is 14.8. The molecule has 3 nitrogen and oxygen atoms in total. The summed E-state index contributed by atoms with van der Waals surface area (Å²) < 4.78 is 18.9. The van der Waals surface area contributed by atoms with Crippen molar-refractivity contribution in [3.63, 3.8) is 0 Å². The molecule has 1 aliphatic carbocycles. The predicted molar refractivity (Wildman–Crippen MR) is 144 cm³/mol. The first kappa shape index (κ1) is 27.8. The number of hydrogen-bond acceptors (Lipinski definition) is 3. The van der Waals surface area contributed by atoms with Crippen molar-refractivity contribution in [3.05, 3.63) is 35.6 Å². The molecule has 1 unspecified atom stereocenters. The smallest absolute Gasteiger partial charge is 0.250 e. The Hall–Kier alpha value is -1.42. The van der Waals surface area contributed by atoms with Crippen LogP contribution in [-0.4, -0.2) is 21.5 Å². The lowest BCUT2D eigenvalue weighted by molar-refractivity contribution is 0.200. The Balaban J connectivity index is 2.18. The zero-order valence-corrected chi connectivity index (χ0v) is 23.4. The fourth-order valence-electron chi connectivity index (χ4n) is 5.10. The largest absolute Gasteiger partial charge is 0.547 e. The highest BCUT2D eigenvalue weighted by atomic mass is 28.4. The van der Waals surface area contributed by atoms with E-state index in [4.69, 9.17) is 13.9 Å². The third-order valence-corrected chi connectivity index (χ3v) is 11.7. The third kappa shape index (κ3) is 9.03.